The Hall–Kier alpha value is -3.45. The predicted molar refractivity (Wildman–Crippen MR) is 141 cm³/mol. The topological polar surface area (TPSA) is 56.1 Å². The first-order chi connectivity index (χ1) is 16.7. The summed E-state index contributed by atoms with van der Waals surface area (Å²) >= 11 is 6.33. The average Bonchev–Trinajstić information content (AvgIpc) is 3.22. The van der Waals surface area contributed by atoms with Crippen LogP contribution in [-0.4, -0.2) is 28.3 Å². The molecule has 0 saturated heterocycles. The lowest BCUT2D eigenvalue weighted by atomic mass is 10.2. The van der Waals surface area contributed by atoms with Crippen LogP contribution in [0.4, 0.5) is 8.78 Å². The molecule has 0 spiro atoms. The largest absolute Gasteiger partial charge is 0.490 e. The monoisotopic (exact) mass is 503 g/mol. The van der Waals surface area contributed by atoms with Crippen LogP contribution in [0.5, 0.6) is 5.75 Å². The summed E-state index contributed by atoms with van der Waals surface area (Å²) in [7, 11) is 0. The Labute approximate surface area is 210 Å². The Morgan fingerprint density at radius 3 is 2.40 bits per heavy atom. The zero-order chi connectivity index (χ0) is 26.4. The number of benzene rings is 2. The van der Waals surface area contributed by atoms with Crippen LogP contribution in [0.3, 0.4) is 0 Å². The van der Waals surface area contributed by atoms with Gasteiger partial charge < -0.3 is 10.1 Å². The molecule has 35 heavy (non-hydrogen) atoms. The van der Waals surface area contributed by atoms with Gasteiger partial charge >= 0.3 is 0 Å². The molecule has 1 unspecified atom stereocenters. The van der Waals surface area contributed by atoms with Crippen molar-refractivity contribution in [1.29, 1.82) is 0 Å². The maximum absolute atomic E-state index is 13.0. The molecule has 3 rings (SSSR count). The minimum atomic E-state index is -0.317. The number of nitrogens with zero attached hydrogens (tertiary/aromatic N) is 2. The lowest BCUT2D eigenvalue weighted by molar-refractivity contribution is -0.119. The van der Waals surface area contributed by atoms with Gasteiger partial charge in [0.1, 0.15) is 18.2 Å². The number of allylic oxidation sites excluding steroid dienone is 5. The van der Waals surface area contributed by atoms with Crippen LogP contribution in [0, 0.1) is 5.82 Å². The van der Waals surface area contributed by atoms with Gasteiger partial charge in [-0.1, -0.05) is 50.2 Å². The van der Waals surface area contributed by atoms with E-state index >= 15 is 0 Å². The first kappa shape index (κ1) is 29.6. The molecule has 1 N–H and O–H groups in total. The van der Waals surface area contributed by atoms with Gasteiger partial charge in [-0.3, -0.25) is 4.79 Å². The van der Waals surface area contributed by atoms with Crippen LogP contribution >= 0.6 is 11.6 Å². The summed E-state index contributed by atoms with van der Waals surface area (Å²) < 4.78 is 32.2. The summed E-state index contributed by atoms with van der Waals surface area (Å²) in [6.07, 6.45) is 6.17. The Balaban J connectivity index is 0.000000574. The molecule has 1 heterocycles. The van der Waals surface area contributed by atoms with Crippen molar-refractivity contribution in [2.75, 3.05) is 6.61 Å². The third-order valence-electron chi connectivity index (χ3n) is 4.23. The van der Waals surface area contributed by atoms with Gasteiger partial charge in [0.15, 0.2) is 0 Å². The molecule has 0 radical (unpaired) electrons. The van der Waals surface area contributed by atoms with Crippen LogP contribution in [0.1, 0.15) is 34.6 Å². The smallest absolute Gasteiger partial charge is 0.217 e. The lowest BCUT2D eigenvalue weighted by Gasteiger charge is -2.15. The van der Waals surface area contributed by atoms with Crippen molar-refractivity contribution in [3.8, 4) is 5.75 Å². The van der Waals surface area contributed by atoms with E-state index in [0.29, 0.717) is 16.5 Å². The predicted octanol–water partition coefficient (Wildman–Crippen LogP) is 7.35. The number of fused-ring (bicyclic) bond motifs is 1. The van der Waals surface area contributed by atoms with E-state index in [1.165, 1.54) is 32.1 Å². The minimum absolute atomic E-state index is 0.120. The van der Waals surface area contributed by atoms with Gasteiger partial charge in [-0.2, -0.15) is 5.10 Å². The van der Waals surface area contributed by atoms with Gasteiger partial charge in [0.05, 0.1) is 34.3 Å². The highest BCUT2D eigenvalue weighted by molar-refractivity contribution is 6.32. The summed E-state index contributed by atoms with van der Waals surface area (Å²) in [5.74, 6) is -0.116. The zero-order valence-corrected chi connectivity index (χ0v) is 21.4. The van der Waals surface area contributed by atoms with E-state index in [-0.39, 0.29) is 30.2 Å². The second-order valence-corrected chi connectivity index (χ2v) is 7.56. The van der Waals surface area contributed by atoms with Crippen molar-refractivity contribution in [2.24, 2.45) is 0 Å². The van der Waals surface area contributed by atoms with E-state index in [2.05, 4.69) is 17.0 Å². The highest BCUT2D eigenvalue weighted by Crippen LogP contribution is 2.31. The maximum Gasteiger partial charge on any atom is 0.217 e. The number of aromatic nitrogens is 2. The molecule has 8 heteroatoms. The molecule has 0 aliphatic carbocycles. The fourth-order valence-electron chi connectivity index (χ4n) is 2.79. The normalized spacial score (nSPS) is 12.0. The summed E-state index contributed by atoms with van der Waals surface area (Å²) in [5, 5.41) is 8.28. The van der Waals surface area contributed by atoms with Crippen LogP contribution in [-0.2, 0) is 4.79 Å². The SMILES string of the molecule is C=C/C(=C\C=C(/C)F)n1ncc2cc(OCC(C)NC(C)=O)c(Cl)cc21.CC.Fc1ccccc1. The average molecular weight is 504 g/mol. The van der Waals surface area contributed by atoms with Crippen molar-refractivity contribution >= 4 is 34.1 Å². The highest BCUT2D eigenvalue weighted by atomic mass is 35.5. The van der Waals surface area contributed by atoms with Gasteiger partial charge in [-0.05, 0) is 56.3 Å². The lowest BCUT2D eigenvalue weighted by Crippen LogP contribution is -2.35. The number of nitrogens with one attached hydrogen (secondary N) is 1. The number of carbonyl (C=O) groups excluding carboxylic acids is 1. The van der Waals surface area contributed by atoms with Crippen LogP contribution in [0.15, 0.2) is 79.3 Å². The zero-order valence-electron chi connectivity index (χ0n) is 20.7. The number of rotatable bonds is 7. The molecule has 1 amide bonds. The Morgan fingerprint density at radius 1 is 1.23 bits per heavy atom. The van der Waals surface area contributed by atoms with E-state index in [0.717, 1.165) is 10.9 Å². The van der Waals surface area contributed by atoms with Crippen molar-refractivity contribution < 1.29 is 18.3 Å². The molecule has 0 bridgehead atoms. The molecular weight excluding hydrogens is 472 g/mol. The summed E-state index contributed by atoms with van der Waals surface area (Å²) in [5.41, 5.74) is 1.36. The number of carbonyl (C=O) groups is 1. The number of amides is 1. The van der Waals surface area contributed by atoms with Gasteiger partial charge in [-0.15, -0.1) is 0 Å². The van der Waals surface area contributed by atoms with Gasteiger partial charge in [0, 0.05) is 12.3 Å². The van der Waals surface area contributed by atoms with Crippen LogP contribution in [0.25, 0.3) is 16.6 Å². The summed E-state index contributed by atoms with van der Waals surface area (Å²) in [6, 6.07) is 11.3. The minimum Gasteiger partial charge on any atom is -0.490 e. The Bertz CT molecular complexity index is 1150. The van der Waals surface area contributed by atoms with Crippen LogP contribution in [0.2, 0.25) is 5.02 Å². The van der Waals surface area contributed by atoms with Gasteiger partial charge in [0.2, 0.25) is 5.91 Å². The van der Waals surface area contributed by atoms with Crippen molar-refractivity contribution in [2.45, 2.75) is 40.7 Å². The molecule has 1 atom stereocenters. The summed E-state index contributed by atoms with van der Waals surface area (Å²) in [6.45, 7) is 12.7. The second kappa shape index (κ2) is 15.5. The third-order valence-corrected chi connectivity index (χ3v) is 4.53. The second-order valence-electron chi connectivity index (χ2n) is 7.16. The fraction of sp³-hybridized carbons (Fsp3) is 0.259. The molecular formula is C27H32ClF2N3O2. The molecule has 0 aliphatic heterocycles. The van der Waals surface area contributed by atoms with E-state index in [9.17, 15) is 13.6 Å². The van der Waals surface area contributed by atoms with Crippen molar-refractivity contribution in [3.63, 3.8) is 0 Å². The fourth-order valence-corrected chi connectivity index (χ4v) is 3.00. The Kier molecular flexibility index (Phi) is 13.1. The molecule has 0 fully saturated rings. The standard InChI is InChI=1S/C19H21ClFN3O2.C6H5F.C2H6/c1-5-16(7-6-12(2)21)24-18-9-17(20)19(8-15(18)10-22-24)26-11-13(3)23-14(4)25;7-6-4-2-1-3-5-6;1-2/h5-10,13H,1,11H2,2-4H3,(H,23,25);1-5H;1-2H3/b12-6+,16-7+;;. The van der Waals surface area contributed by atoms with Gasteiger partial charge in [0.25, 0.3) is 0 Å². The molecule has 2 aromatic carbocycles. The maximum atomic E-state index is 13.0. The molecule has 0 aliphatic rings. The molecule has 3 aromatic rings. The van der Waals surface area contributed by atoms with E-state index < -0.39 is 0 Å². The van der Waals surface area contributed by atoms with Crippen molar-refractivity contribution in [1.82, 2.24) is 15.1 Å². The summed E-state index contributed by atoms with van der Waals surface area (Å²) in [4.78, 5) is 11.1. The van der Waals surface area contributed by atoms with Crippen molar-refractivity contribution in [3.05, 3.63) is 90.1 Å². The van der Waals surface area contributed by atoms with Crippen LogP contribution < -0.4 is 10.1 Å². The first-order valence-electron chi connectivity index (χ1n) is 11.2. The molecule has 5 nitrogen and oxygen atoms in total. The first-order valence-corrected chi connectivity index (χ1v) is 11.5. The Morgan fingerprint density at radius 2 is 1.89 bits per heavy atom. The van der Waals surface area contributed by atoms with E-state index in [1.54, 1.807) is 53.4 Å². The molecule has 0 saturated carbocycles. The number of halogens is 3. The molecule has 1 aromatic heterocycles. The number of hydrogen-bond donors (Lipinski definition) is 1. The molecule has 188 valence electrons. The highest BCUT2D eigenvalue weighted by Gasteiger charge is 2.12. The van der Waals surface area contributed by atoms with E-state index in [4.69, 9.17) is 16.3 Å². The number of hydrogen-bond acceptors (Lipinski definition) is 3. The van der Waals surface area contributed by atoms with E-state index in [1.807, 2.05) is 20.8 Å². The number of ether oxygens (including phenoxy) is 1. The van der Waals surface area contributed by atoms with Gasteiger partial charge in [-0.25, -0.2) is 13.5 Å². The third kappa shape index (κ3) is 10.1. The quantitative estimate of drug-likeness (QED) is 0.343.